The van der Waals surface area contributed by atoms with Crippen LogP contribution in [-0.4, -0.2) is 13.1 Å². The molecule has 116 valence electrons. The zero-order valence-electron chi connectivity index (χ0n) is 12.6. The van der Waals surface area contributed by atoms with E-state index in [1.807, 2.05) is 31.2 Å². The summed E-state index contributed by atoms with van der Waals surface area (Å²) in [7, 11) is 1.63. The molecule has 2 aromatic carbocycles. The topological polar surface area (TPSA) is 50.4 Å². The summed E-state index contributed by atoms with van der Waals surface area (Å²) in [5.41, 5.74) is 1.69. The predicted molar refractivity (Wildman–Crippen MR) is 89.6 cm³/mol. The Labute approximate surface area is 135 Å². The van der Waals surface area contributed by atoms with Gasteiger partial charge in [-0.05, 0) is 42.3 Å². The number of carbonyl (C=O) groups excluding carboxylic acids is 1. The van der Waals surface area contributed by atoms with Crippen LogP contribution in [0.15, 0.2) is 48.5 Å². The molecule has 0 fully saturated rings. The van der Waals surface area contributed by atoms with Gasteiger partial charge in [0.2, 0.25) is 0 Å². The van der Waals surface area contributed by atoms with Crippen molar-refractivity contribution in [2.45, 2.75) is 19.4 Å². The number of rotatable bonds is 5. The Hall–Kier alpha value is -2.20. The van der Waals surface area contributed by atoms with Crippen molar-refractivity contribution in [3.05, 3.63) is 59.1 Å². The first-order chi connectivity index (χ1) is 10.6. The summed E-state index contributed by atoms with van der Waals surface area (Å²) in [6, 6.07) is 14.4. The molecule has 0 aliphatic carbocycles. The minimum atomic E-state index is -0.259. The molecule has 0 aliphatic rings. The third kappa shape index (κ3) is 4.40. The average molecular weight is 319 g/mol. The quantitative estimate of drug-likeness (QED) is 0.845. The molecule has 22 heavy (non-hydrogen) atoms. The van der Waals surface area contributed by atoms with E-state index in [0.29, 0.717) is 10.7 Å². The summed E-state index contributed by atoms with van der Waals surface area (Å²) in [5, 5.41) is 6.32. The van der Waals surface area contributed by atoms with E-state index in [0.717, 1.165) is 17.7 Å². The van der Waals surface area contributed by atoms with E-state index in [1.165, 1.54) is 0 Å². The lowest BCUT2D eigenvalue weighted by Gasteiger charge is -2.18. The van der Waals surface area contributed by atoms with Gasteiger partial charge in [0.1, 0.15) is 5.75 Å². The molecule has 4 nitrogen and oxygen atoms in total. The highest BCUT2D eigenvalue weighted by molar-refractivity contribution is 6.30. The summed E-state index contributed by atoms with van der Waals surface area (Å²) in [4.78, 5) is 12.1. The molecule has 2 amide bonds. The van der Waals surface area contributed by atoms with Gasteiger partial charge in [-0.2, -0.15) is 0 Å². The highest BCUT2D eigenvalue weighted by Gasteiger charge is 2.13. The maximum Gasteiger partial charge on any atom is 0.319 e. The van der Waals surface area contributed by atoms with Crippen LogP contribution in [0.4, 0.5) is 10.5 Å². The highest BCUT2D eigenvalue weighted by Crippen LogP contribution is 2.20. The summed E-state index contributed by atoms with van der Waals surface area (Å²) in [6.07, 6.45) is 0.787. The van der Waals surface area contributed by atoms with Crippen LogP contribution in [0.5, 0.6) is 5.75 Å². The fourth-order valence-electron chi connectivity index (χ4n) is 2.15. The minimum absolute atomic E-state index is 0.0647. The second-order valence-corrected chi connectivity index (χ2v) is 5.28. The van der Waals surface area contributed by atoms with E-state index >= 15 is 0 Å². The Morgan fingerprint density at radius 3 is 2.55 bits per heavy atom. The van der Waals surface area contributed by atoms with E-state index in [-0.39, 0.29) is 12.1 Å². The number of halogens is 1. The SMILES string of the molecule is CC[C@H](NC(=O)Nc1cccc(Cl)c1)c1ccc(OC)cc1. The van der Waals surface area contributed by atoms with Crippen molar-refractivity contribution in [2.24, 2.45) is 0 Å². The van der Waals surface area contributed by atoms with Gasteiger partial charge in [0, 0.05) is 10.7 Å². The number of hydrogen-bond donors (Lipinski definition) is 2. The molecule has 0 bridgehead atoms. The maximum atomic E-state index is 12.1. The van der Waals surface area contributed by atoms with Gasteiger partial charge in [-0.15, -0.1) is 0 Å². The van der Waals surface area contributed by atoms with Crippen molar-refractivity contribution >= 4 is 23.3 Å². The lowest BCUT2D eigenvalue weighted by molar-refractivity contribution is 0.248. The van der Waals surface area contributed by atoms with Crippen LogP contribution in [0.3, 0.4) is 0 Å². The zero-order chi connectivity index (χ0) is 15.9. The molecule has 0 spiro atoms. The molecule has 2 rings (SSSR count). The third-order valence-electron chi connectivity index (χ3n) is 3.31. The summed E-state index contributed by atoms with van der Waals surface area (Å²) >= 11 is 5.90. The van der Waals surface area contributed by atoms with Gasteiger partial charge in [-0.1, -0.05) is 36.7 Å². The standard InChI is InChI=1S/C17H19ClN2O2/c1-3-16(12-7-9-15(22-2)10-8-12)20-17(21)19-14-6-4-5-13(18)11-14/h4-11,16H,3H2,1-2H3,(H2,19,20,21)/t16-/m0/s1. The van der Waals surface area contributed by atoms with Crippen molar-refractivity contribution < 1.29 is 9.53 Å². The van der Waals surface area contributed by atoms with E-state index < -0.39 is 0 Å². The summed E-state index contributed by atoms with van der Waals surface area (Å²) < 4.78 is 5.14. The van der Waals surface area contributed by atoms with E-state index in [1.54, 1.807) is 31.4 Å². The van der Waals surface area contributed by atoms with Gasteiger partial charge >= 0.3 is 6.03 Å². The predicted octanol–water partition coefficient (Wildman–Crippen LogP) is 4.62. The minimum Gasteiger partial charge on any atom is -0.497 e. The average Bonchev–Trinajstić information content (AvgIpc) is 2.53. The van der Waals surface area contributed by atoms with Gasteiger partial charge in [-0.3, -0.25) is 0 Å². The van der Waals surface area contributed by atoms with Crippen LogP contribution in [0.2, 0.25) is 5.02 Å². The molecule has 2 aromatic rings. The fraction of sp³-hybridized carbons (Fsp3) is 0.235. The Kier molecular flexibility index (Phi) is 5.67. The number of benzene rings is 2. The number of ether oxygens (including phenoxy) is 1. The van der Waals surface area contributed by atoms with Crippen molar-refractivity contribution in [1.82, 2.24) is 5.32 Å². The first kappa shape index (κ1) is 16.2. The second kappa shape index (κ2) is 7.71. The Morgan fingerprint density at radius 2 is 1.95 bits per heavy atom. The molecule has 0 radical (unpaired) electrons. The molecule has 0 aromatic heterocycles. The van der Waals surface area contributed by atoms with Gasteiger partial charge < -0.3 is 15.4 Å². The molecule has 0 saturated heterocycles. The number of amides is 2. The number of hydrogen-bond acceptors (Lipinski definition) is 2. The maximum absolute atomic E-state index is 12.1. The molecular weight excluding hydrogens is 300 g/mol. The van der Waals surface area contributed by atoms with Crippen molar-refractivity contribution in [1.29, 1.82) is 0 Å². The van der Waals surface area contributed by atoms with Gasteiger partial charge in [-0.25, -0.2) is 4.79 Å². The van der Waals surface area contributed by atoms with Crippen LogP contribution in [-0.2, 0) is 0 Å². The number of nitrogens with one attached hydrogen (secondary N) is 2. The lowest BCUT2D eigenvalue weighted by Crippen LogP contribution is -2.32. The van der Waals surface area contributed by atoms with Gasteiger partial charge in [0.05, 0.1) is 13.2 Å². The van der Waals surface area contributed by atoms with E-state index in [2.05, 4.69) is 10.6 Å². The number of anilines is 1. The van der Waals surface area contributed by atoms with Crippen molar-refractivity contribution in [3.63, 3.8) is 0 Å². The monoisotopic (exact) mass is 318 g/mol. The van der Waals surface area contributed by atoms with Crippen molar-refractivity contribution in [3.8, 4) is 5.75 Å². The molecule has 0 saturated carbocycles. The van der Waals surface area contributed by atoms with Gasteiger partial charge in [0.25, 0.3) is 0 Å². The molecule has 0 heterocycles. The van der Waals surface area contributed by atoms with Crippen LogP contribution in [0, 0.1) is 0 Å². The largest absolute Gasteiger partial charge is 0.497 e. The normalized spacial score (nSPS) is 11.6. The molecule has 0 unspecified atom stereocenters. The Morgan fingerprint density at radius 1 is 1.23 bits per heavy atom. The van der Waals surface area contributed by atoms with E-state index in [4.69, 9.17) is 16.3 Å². The van der Waals surface area contributed by atoms with Crippen LogP contribution in [0.25, 0.3) is 0 Å². The first-order valence-electron chi connectivity index (χ1n) is 7.09. The smallest absolute Gasteiger partial charge is 0.319 e. The highest BCUT2D eigenvalue weighted by atomic mass is 35.5. The Balaban J connectivity index is 2.01. The number of urea groups is 1. The first-order valence-corrected chi connectivity index (χ1v) is 7.47. The number of carbonyl (C=O) groups is 1. The molecule has 1 atom stereocenters. The van der Waals surface area contributed by atoms with E-state index in [9.17, 15) is 4.79 Å². The zero-order valence-corrected chi connectivity index (χ0v) is 13.4. The van der Waals surface area contributed by atoms with Crippen LogP contribution >= 0.6 is 11.6 Å². The van der Waals surface area contributed by atoms with Crippen LogP contribution < -0.4 is 15.4 Å². The number of methoxy groups -OCH3 is 1. The van der Waals surface area contributed by atoms with Gasteiger partial charge in [0.15, 0.2) is 0 Å². The Bertz CT molecular complexity index is 629. The second-order valence-electron chi connectivity index (χ2n) is 4.84. The molecular formula is C17H19ClN2O2. The van der Waals surface area contributed by atoms with Crippen LogP contribution in [0.1, 0.15) is 24.9 Å². The molecule has 2 N–H and O–H groups in total. The summed E-state index contributed by atoms with van der Waals surface area (Å²) in [5.74, 6) is 0.794. The fourth-order valence-corrected chi connectivity index (χ4v) is 2.34. The third-order valence-corrected chi connectivity index (χ3v) is 3.55. The molecule has 5 heteroatoms. The van der Waals surface area contributed by atoms with Crippen molar-refractivity contribution in [2.75, 3.05) is 12.4 Å². The molecule has 0 aliphatic heterocycles. The lowest BCUT2D eigenvalue weighted by atomic mass is 10.0. The summed E-state index contributed by atoms with van der Waals surface area (Å²) in [6.45, 7) is 2.02.